The molecule has 0 aromatic heterocycles. The molecule has 1 aliphatic heterocycles. The van der Waals surface area contributed by atoms with Crippen LogP contribution in [0.4, 0.5) is 0 Å². The summed E-state index contributed by atoms with van der Waals surface area (Å²) in [7, 11) is 0. The lowest BCUT2D eigenvalue weighted by molar-refractivity contribution is -0.166. The van der Waals surface area contributed by atoms with Gasteiger partial charge in [0.2, 0.25) is 6.10 Å². The minimum atomic E-state index is -1.82. The van der Waals surface area contributed by atoms with Gasteiger partial charge in [0.25, 0.3) is 0 Å². The predicted octanol–water partition coefficient (Wildman–Crippen LogP) is 3.84. The number of hydrogen-bond acceptors (Lipinski definition) is 14. The molecule has 270 valence electrons. The fourth-order valence-electron chi connectivity index (χ4n) is 5.58. The molecule has 0 unspecified atom stereocenters. The van der Waals surface area contributed by atoms with Gasteiger partial charge in [-0.25, -0.2) is 9.59 Å². The molecule has 0 amide bonds. The first-order valence-electron chi connectivity index (χ1n) is 15.5. The zero-order valence-corrected chi connectivity index (χ0v) is 27.2. The van der Waals surface area contributed by atoms with Crippen LogP contribution in [-0.2, 0) is 41.5 Å². The van der Waals surface area contributed by atoms with E-state index in [1.807, 2.05) is 0 Å². The molecular weight excluding hydrogens is 684 g/mol. The van der Waals surface area contributed by atoms with Crippen molar-refractivity contribution in [3.63, 3.8) is 0 Å². The molecule has 0 radical (unpaired) electrons. The first-order valence-corrected chi connectivity index (χ1v) is 15.5. The number of Topliss-reactive ketones (excluding diaryl/α,β-unsaturated/α-hetero) is 1. The lowest BCUT2D eigenvalue weighted by Gasteiger charge is -2.22. The van der Waals surface area contributed by atoms with Crippen molar-refractivity contribution >= 4 is 29.8 Å². The number of benzene rings is 4. The van der Waals surface area contributed by atoms with Crippen molar-refractivity contribution in [1.29, 1.82) is 0 Å². The highest BCUT2D eigenvalue weighted by atomic mass is 16.6. The lowest BCUT2D eigenvalue weighted by Crippen LogP contribution is -2.32. The van der Waals surface area contributed by atoms with Crippen LogP contribution in [0.15, 0.2) is 72.8 Å². The summed E-state index contributed by atoms with van der Waals surface area (Å²) in [6.07, 6.45) is -2.88. The van der Waals surface area contributed by atoms with E-state index in [2.05, 4.69) is 0 Å². The number of carbonyl (C=O) groups is 4. The van der Waals surface area contributed by atoms with E-state index in [4.69, 9.17) is 14.2 Å². The summed E-state index contributed by atoms with van der Waals surface area (Å²) in [5.74, 6) is -9.31. The van der Waals surface area contributed by atoms with E-state index in [1.54, 1.807) is 0 Å². The molecule has 15 heteroatoms. The number of ketones is 1. The molecule has 0 bridgehead atoms. The number of aromatic hydroxyl groups is 7. The van der Waals surface area contributed by atoms with Crippen molar-refractivity contribution in [3.8, 4) is 46.0 Å². The average molecular weight is 717 g/mol. The summed E-state index contributed by atoms with van der Waals surface area (Å²) < 4.78 is 16.8. The smallest absolute Gasteiger partial charge is 0.345 e. The van der Waals surface area contributed by atoms with Crippen LogP contribution in [0.3, 0.4) is 0 Å². The maximum Gasteiger partial charge on any atom is 0.345 e. The number of aliphatic carboxylic acids is 1. The molecule has 8 N–H and O–H groups in total. The molecule has 4 aromatic rings. The molecule has 52 heavy (non-hydrogen) atoms. The Labute approximate surface area is 294 Å². The van der Waals surface area contributed by atoms with Gasteiger partial charge in [-0.3, -0.25) is 9.59 Å². The van der Waals surface area contributed by atoms with Crippen LogP contribution in [0.1, 0.15) is 46.8 Å². The van der Waals surface area contributed by atoms with Gasteiger partial charge in [0.05, 0.1) is 0 Å². The molecule has 4 atom stereocenters. The van der Waals surface area contributed by atoms with Crippen molar-refractivity contribution in [1.82, 2.24) is 0 Å². The molecule has 0 saturated heterocycles. The summed E-state index contributed by atoms with van der Waals surface area (Å²) in [5, 5.41) is 79.7. The molecule has 0 fully saturated rings. The Hall–Kier alpha value is -6.90. The number of carbonyl (C=O) groups excluding carboxylic acids is 3. The van der Waals surface area contributed by atoms with E-state index in [0.717, 1.165) is 30.3 Å². The number of carboxylic acid groups (broad SMARTS) is 1. The van der Waals surface area contributed by atoms with E-state index < -0.39 is 88.8 Å². The molecule has 1 aliphatic rings. The Kier molecular flexibility index (Phi) is 10.4. The van der Waals surface area contributed by atoms with E-state index in [-0.39, 0.29) is 40.2 Å². The maximum absolute atomic E-state index is 14.0. The Morgan fingerprint density at radius 2 is 1.23 bits per heavy atom. The van der Waals surface area contributed by atoms with Crippen LogP contribution >= 0.6 is 0 Å². The van der Waals surface area contributed by atoms with Gasteiger partial charge in [0.15, 0.2) is 57.9 Å². The van der Waals surface area contributed by atoms with Crippen LogP contribution in [0.25, 0.3) is 6.08 Å². The van der Waals surface area contributed by atoms with Crippen LogP contribution in [-0.4, -0.2) is 76.8 Å². The Bertz CT molecular complexity index is 2090. The standard InChI is InChI=1S/C37H32O15/c1-17(38)29(14-18-2-7-22(39)26(43)12-18)50-31(46)11-6-20-4-10-25(42)35-32(20)33(34(52-35)21-5-9-24(41)28(45)16-21)37(49)51-30(36(47)48)15-19-3-8-23(40)27(44)13-19/h2-13,16,29-30,33-34,39-45H,14-15H2,1H3,(H,47,48)/t29-,30-,33+,34-/m0/s1. The van der Waals surface area contributed by atoms with Gasteiger partial charge < -0.3 is 55.1 Å². The van der Waals surface area contributed by atoms with Gasteiger partial charge in [0, 0.05) is 24.5 Å². The van der Waals surface area contributed by atoms with Crippen LogP contribution in [0, 0.1) is 0 Å². The lowest BCUT2D eigenvalue weighted by atomic mass is 9.87. The number of fused-ring (bicyclic) bond motifs is 1. The normalized spacial score (nSPS) is 16.0. The van der Waals surface area contributed by atoms with Gasteiger partial charge in [0.1, 0.15) is 12.0 Å². The van der Waals surface area contributed by atoms with E-state index >= 15 is 0 Å². The molecule has 0 saturated carbocycles. The van der Waals surface area contributed by atoms with Crippen molar-refractivity contribution in [2.75, 3.05) is 0 Å². The van der Waals surface area contributed by atoms with Crippen molar-refractivity contribution in [2.45, 2.75) is 44.0 Å². The van der Waals surface area contributed by atoms with Crippen molar-refractivity contribution < 1.29 is 74.2 Å². The van der Waals surface area contributed by atoms with Crippen molar-refractivity contribution in [3.05, 3.63) is 101 Å². The maximum atomic E-state index is 14.0. The molecule has 15 nitrogen and oxygen atoms in total. The van der Waals surface area contributed by atoms with Gasteiger partial charge in [-0.1, -0.05) is 24.3 Å². The highest BCUT2D eigenvalue weighted by Gasteiger charge is 2.46. The van der Waals surface area contributed by atoms with E-state index in [0.29, 0.717) is 5.56 Å². The Morgan fingerprint density at radius 1 is 0.692 bits per heavy atom. The first kappa shape index (κ1) is 36.4. The fourth-order valence-corrected chi connectivity index (χ4v) is 5.58. The summed E-state index contributed by atoms with van der Waals surface area (Å²) in [6.45, 7) is 1.19. The van der Waals surface area contributed by atoms with Gasteiger partial charge >= 0.3 is 17.9 Å². The summed E-state index contributed by atoms with van der Waals surface area (Å²) in [6, 6.07) is 13.5. The molecule has 1 heterocycles. The number of phenolic OH excluding ortho intramolecular Hbond substituents is 7. The summed E-state index contributed by atoms with van der Waals surface area (Å²) >= 11 is 0. The molecule has 5 rings (SSSR count). The minimum Gasteiger partial charge on any atom is -0.504 e. The summed E-state index contributed by atoms with van der Waals surface area (Å²) in [4.78, 5) is 51.5. The van der Waals surface area contributed by atoms with Crippen LogP contribution < -0.4 is 4.74 Å². The Balaban J connectivity index is 1.47. The number of rotatable bonds is 12. The number of phenols is 7. The van der Waals surface area contributed by atoms with Crippen molar-refractivity contribution in [2.24, 2.45) is 0 Å². The van der Waals surface area contributed by atoms with E-state index in [1.165, 1.54) is 55.5 Å². The topological polar surface area (TPSA) is 258 Å². The number of hydrogen-bond donors (Lipinski definition) is 8. The number of carboxylic acids is 1. The summed E-state index contributed by atoms with van der Waals surface area (Å²) in [5.41, 5.74) is 0.762. The minimum absolute atomic E-state index is 0.0410. The first-order chi connectivity index (χ1) is 24.6. The molecule has 0 spiro atoms. The second kappa shape index (κ2) is 14.9. The third kappa shape index (κ3) is 7.94. The second-order valence-electron chi connectivity index (χ2n) is 11.9. The second-order valence-corrected chi connectivity index (χ2v) is 11.9. The number of esters is 2. The van der Waals surface area contributed by atoms with Crippen LogP contribution in [0.5, 0.6) is 46.0 Å². The molecular formula is C37H32O15. The molecule has 0 aliphatic carbocycles. The SMILES string of the molecule is CC(=O)[C@H](Cc1ccc(O)c(O)c1)OC(=O)C=Cc1ccc(O)c2c1[C@@H](C(=O)O[C@@H](Cc1ccc(O)c(O)c1)C(=O)O)[C@H](c1ccc(O)c(O)c1)O2. The average Bonchev–Trinajstić information content (AvgIpc) is 3.50. The fraction of sp³-hybridized carbons (Fsp3) is 0.189. The van der Waals surface area contributed by atoms with Gasteiger partial charge in [-0.2, -0.15) is 0 Å². The quantitative estimate of drug-likeness (QED) is 0.0589. The Morgan fingerprint density at radius 3 is 1.77 bits per heavy atom. The third-order valence-corrected chi connectivity index (χ3v) is 8.22. The zero-order chi connectivity index (χ0) is 37.9. The van der Waals surface area contributed by atoms with E-state index in [9.17, 15) is 60.0 Å². The highest BCUT2D eigenvalue weighted by molar-refractivity contribution is 5.92. The van der Waals surface area contributed by atoms with Gasteiger partial charge in [-0.05, 0) is 77.7 Å². The van der Waals surface area contributed by atoms with Crippen LogP contribution in [0.2, 0.25) is 0 Å². The number of ether oxygens (including phenoxy) is 3. The third-order valence-electron chi connectivity index (χ3n) is 8.22. The zero-order valence-electron chi connectivity index (χ0n) is 27.2. The highest BCUT2D eigenvalue weighted by Crippen LogP contribution is 2.53. The molecule has 4 aromatic carbocycles. The monoisotopic (exact) mass is 716 g/mol. The van der Waals surface area contributed by atoms with Gasteiger partial charge in [-0.15, -0.1) is 0 Å². The largest absolute Gasteiger partial charge is 0.504 e. The predicted molar refractivity (Wildman–Crippen MR) is 178 cm³/mol.